The second-order valence-electron chi connectivity index (χ2n) is 5.94. The summed E-state index contributed by atoms with van der Waals surface area (Å²) in [6.45, 7) is 1.86. The first kappa shape index (κ1) is 18.9. The minimum atomic E-state index is -0.429. The largest absolute Gasteiger partial charge is 0.322 e. The molecule has 3 aromatic rings. The van der Waals surface area contributed by atoms with E-state index in [0.717, 1.165) is 5.69 Å². The minimum absolute atomic E-state index is 0.312. The summed E-state index contributed by atoms with van der Waals surface area (Å²) >= 11 is 0. The van der Waals surface area contributed by atoms with Gasteiger partial charge in [0.15, 0.2) is 0 Å². The van der Waals surface area contributed by atoms with Crippen molar-refractivity contribution in [3.63, 3.8) is 0 Å². The molecule has 2 aromatic carbocycles. The molecule has 0 aliphatic rings. The third-order valence-corrected chi connectivity index (χ3v) is 3.76. The lowest BCUT2D eigenvalue weighted by Crippen LogP contribution is -2.18. The average Bonchev–Trinajstić information content (AvgIpc) is 2.68. The number of halogens is 1. The summed E-state index contributed by atoms with van der Waals surface area (Å²) in [6, 6.07) is 17.1. The second-order valence-corrected chi connectivity index (χ2v) is 5.94. The number of hydrazone groups is 1. The van der Waals surface area contributed by atoms with Crippen molar-refractivity contribution in [2.24, 2.45) is 5.10 Å². The maximum absolute atomic E-state index is 13.0. The van der Waals surface area contributed by atoms with E-state index in [4.69, 9.17) is 0 Å². The van der Waals surface area contributed by atoms with Crippen LogP contribution in [0.3, 0.4) is 0 Å². The van der Waals surface area contributed by atoms with E-state index in [-0.39, 0.29) is 0 Å². The number of hydrogen-bond donors (Lipinski definition) is 2. The number of pyridine rings is 1. The van der Waals surface area contributed by atoms with Crippen molar-refractivity contribution in [2.75, 3.05) is 5.32 Å². The van der Waals surface area contributed by atoms with Crippen LogP contribution in [0.25, 0.3) is 0 Å². The zero-order valence-electron chi connectivity index (χ0n) is 15.0. The number of benzene rings is 2. The molecule has 0 atom stereocenters. The summed E-state index contributed by atoms with van der Waals surface area (Å²) in [4.78, 5) is 28.7. The van der Waals surface area contributed by atoms with Crippen LogP contribution in [0, 0.1) is 12.7 Å². The van der Waals surface area contributed by atoms with Crippen LogP contribution < -0.4 is 10.7 Å². The quantitative estimate of drug-likeness (QED) is 0.528. The summed E-state index contributed by atoms with van der Waals surface area (Å²) in [5.41, 5.74) is 4.97. The SMILES string of the molecule is Cc1cccc(/C=N\NC(=O)c2cccc(NC(=O)c3ccc(F)cc3)c2)n1. The Labute approximate surface area is 161 Å². The molecule has 0 bridgehead atoms. The molecule has 0 unspecified atom stereocenters. The van der Waals surface area contributed by atoms with Crippen LogP contribution >= 0.6 is 0 Å². The van der Waals surface area contributed by atoms with Crippen molar-refractivity contribution in [3.05, 3.63) is 95.1 Å². The van der Waals surface area contributed by atoms with Gasteiger partial charge in [0.25, 0.3) is 11.8 Å². The lowest BCUT2D eigenvalue weighted by Gasteiger charge is -2.07. The number of carbonyl (C=O) groups excluding carboxylic acids is 2. The predicted molar refractivity (Wildman–Crippen MR) is 105 cm³/mol. The minimum Gasteiger partial charge on any atom is -0.322 e. The average molecular weight is 376 g/mol. The smallest absolute Gasteiger partial charge is 0.271 e. The van der Waals surface area contributed by atoms with Crippen LogP contribution in [0.4, 0.5) is 10.1 Å². The highest BCUT2D eigenvalue weighted by atomic mass is 19.1. The number of nitrogens with one attached hydrogen (secondary N) is 2. The molecule has 0 saturated heterocycles. The van der Waals surface area contributed by atoms with Crippen molar-refractivity contribution in [3.8, 4) is 0 Å². The molecule has 0 saturated carbocycles. The fourth-order valence-electron chi connectivity index (χ4n) is 2.40. The summed E-state index contributed by atoms with van der Waals surface area (Å²) in [6.07, 6.45) is 1.45. The van der Waals surface area contributed by atoms with Gasteiger partial charge in [-0.15, -0.1) is 0 Å². The number of hydrogen-bond acceptors (Lipinski definition) is 4. The van der Waals surface area contributed by atoms with Crippen LogP contribution in [0.15, 0.2) is 71.8 Å². The number of rotatable bonds is 5. The number of aromatic nitrogens is 1. The molecule has 0 aliphatic heterocycles. The molecule has 3 rings (SSSR count). The molecule has 2 amide bonds. The molecule has 140 valence electrons. The van der Waals surface area contributed by atoms with Gasteiger partial charge in [0, 0.05) is 22.5 Å². The Kier molecular flexibility index (Phi) is 5.86. The molecule has 0 spiro atoms. The maximum atomic E-state index is 13.0. The predicted octanol–water partition coefficient (Wildman–Crippen LogP) is 3.55. The van der Waals surface area contributed by atoms with Crippen molar-refractivity contribution >= 4 is 23.7 Å². The van der Waals surface area contributed by atoms with E-state index in [1.807, 2.05) is 19.1 Å². The summed E-state index contributed by atoms with van der Waals surface area (Å²) < 4.78 is 13.0. The zero-order valence-corrected chi connectivity index (χ0v) is 15.0. The topological polar surface area (TPSA) is 83.5 Å². The first-order valence-electron chi connectivity index (χ1n) is 8.45. The van der Waals surface area contributed by atoms with Crippen LogP contribution in [0.1, 0.15) is 32.1 Å². The fraction of sp³-hybridized carbons (Fsp3) is 0.0476. The molecule has 6 nitrogen and oxygen atoms in total. The Balaban J connectivity index is 1.64. The molecule has 1 heterocycles. The molecule has 0 aliphatic carbocycles. The highest BCUT2D eigenvalue weighted by molar-refractivity contribution is 6.05. The van der Waals surface area contributed by atoms with E-state index in [9.17, 15) is 14.0 Å². The zero-order chi connectivity index (χ0) is 19.9. The highest BCUT2D eigenvalue weighted by Gasteiger charge is 2.09. The van der Waals surface area contributed by atoms with Crippen LogP contribution in [0.5, 0.6) is 0 Å². The van der Waals surface area contributed by atoms with E-state index < -0.39 is 17.6 Å². The van der Waals surface area contributed by atoms with Gasteiger partial charge >= 0.3 is 0 Å². The van der Waals surface area contributed by atoms with Crippen molar-refractivity contribution in [1.82, 2.24) is 10.4 Å². The van der Waals surface area contributed by atoms with Gasteiger partial charge < -0.3 is 5.32 Å². The Bertz CT molecular complexity index is 1030. The maximum Gasteiger partial charge on any atom is 0.271 e. The molecule has 28 heavy (non-hydrogen) atoms. The van der Waals surface area contributed by atoms with Crippen LogP contribution in [-0.4, -0.2) is 23.0 Å². The van der Waals surface area contributed by atoms with Gasteiger partial charge in [-0.2, -0.15) is 5.10 Å². The number of anilines is 1. The van der Waals surface area contributed by atoms with E-state index >= 15 is 0 Å². The molecular formula is C21H17FN4O2. The van der Waals surface area contributed by atoms with Crippen LogP contribution in [-0.2, 0) is 0 Å². The van der Waals surface area contributed by atoms with Crippen molar-refractivity contribution in [2.45, 2.75) is 6.92 Å². The van der Waals surface area contributed by atoms with E-state index in [1.54, 1.807) is 24.3 Å². The number of nitrogens with zero attached hydrogens (tertiary/aromatic N) is 2. The summed E-state index contributed by atoms with van der Waals surface area (Å²) in [7, 11) is 0. The van der Waals surface area contributed by atoms with Crippen LogP contribution in [0.2, 0.25) is 0 Å². The molecule has 2 N–H and O–H groups in total. The summed E-state index contributed by atoms with van der Waals surface area (Å²) in [5.74, 6) is -1.25. The Morgan fingerprint density at radius 3 is 2.46 bits per heavy atom. The van der Waals surface area contributed by atoms with Gasteiger partial charge in [-0.3, -0.25) is 14.6 Å². The van der Waals surface area contributed by atoms with Gasteiger partial charge in [0.2, 0.25) is 0 Å². The van der Waals surface area contributed by atoms with Gasteiger partial charge in [-0.05, 0) is 61.5 Å². The fourth-order valence-corrected chi connectivity index (χ4v) is 2.40. The van der Waals surface area contributed by atoms with Crippen molar-refractivity contribution in [1.29, 1.82) is 0 Å². The molecular weight excluding hydrogens is 359 g/mol. The third-order valence-electron chi connectivity index (χ3n) is 3.76. The standard InChI is InChI=1S/C21H17FN4O2/c1-14-4-2-7-19(24-14)13-23-26-21(28)16-5-3-6-18(12-16)25-20(27)15-8-10-17(22)11-9-15/h2-13H,1H3,(H,25,27)(H,26,28)/b23-13-. The highest BCUT2D eigenvalue weighted by Crippen LogP contribution is 2.13. The Morgan fingerprint density at radius 2 is 1.71 bits per heavy atom. The number of carbonyl (C=O) groups is 2. The van der Waals surface area contributed by atoms with Gasteiger partial charge in [0.1, 0.15) is 5.82 Å². The number of aryl methyl sites for hydroxylation is 1. The second kappa shape index (κ2) is 8.68. The monoisotopic (exact) mass is 376 g/mol. The van der Waals surface area contributed by atoms with E-state index in [1.165, 1.54) is 36.5 Å². The summed E-state index contributed by atoms with van der Waals surface area (Å²) in [5, 5.41) is 6.57. The van der Waals surface area contributed by atoms with Gasteiger partial charge in [-0.25, -0.2) is 9.82 Å². The first-order chi connectivity index (χ1) is 13.5. The lowest BCUT2D eigenvalue weighted by atomic mass is 10.1. The molecule has 0 fully saturated rings. The van der Waals surface area contributed by atoms with E-state index in [0.29, 0.717) is 22.5 Å². The molecule has 1 aromatic heterocycles. The van der Waals surface area contributed by atoms with E-state index in [2.05, 4.69) is 20.8 Å². The first-order valence-corrected chi connectivity index (χ1v) is 8.45. The molecule has 0 radical (unpaired) electrons. The Hall–Kier alpha value is -3.87. The number of amides is 2. The lowest BCUT2D eigenvalue weighted by molar-refractivity contribution is 0.0953. The normalized spacial score (nSPS) is 10.6. The van der Waals surface area contributed by atoms with Gasteiger partial charge in [0.05, 0.1) is 11.9 Å². The van der Waals surface area contributed by atoms with Crippen molar-refractivity contribution < 1.29 is 14.0 Å². The van der Waals surface area contributed by atoms with Gasteiger partial charge in [-0.1, -0.05) is 12.1 Å². The molecule has 7 heteroatoms. The third kappa shape index (κ3) is 5.07. The Morgan fingerprint density at radius 1 is 0.964 bits per heavy atom.